The summed E-state index contributed by atoms with van der Waals surface area (Å²) >= 11 is 0. The van der Waals surface area contributed by atoms with Crippen molar-refractivity contribution in [3.63, 3.8) is 0 Å². The number of aromatic nitrogens is 1. The highest BCUT2D eigenvalue weighted by Crippen LogP contribution is 2.19. The number of pyridine rings is 1. The first-order valence-corrected chi connectivity index (χ1v) is 9.53. The topological polar surface area (TPSA) is 74.7 Å². The molecule has 7 nitrogen and oxygen atoms in total. The van der Waals surface area contributed by atoms with Gasteiger partial charge in [0.15, 0.2) is 0 Å². The Kier molecular flexibility index (Phi) is 7.69. The summed E-state index contributed by atoms with van der Waals surface area (Å²) in [5.41, 5.74) is -0.0346. The van der Waals surface area contributed by atoms with Gasteiger partial charge in [0.05, 0.1) is 5.92 Å². The van der Waals surface area contributed by atoms with E-state index < -0.39 is 0 Å². The standard InChI is InChI=1S/C19H30N4O3/c1-3-21(4-2)18(25)16-9-7-13-23(15-16)19(26)20-11-8-14-22-12-6-5-10-17(22)24/h5-6,10,12,16H,3-4,7-9,11,13-15H2,1-2H3,(H,20,26)/t16-/m0/s1. The molecule has 1 aromatic rings. The molecule has 0 aromatic carbocycles. The van der Waals surface area contributed by atoms with Gasteiger partial charge >= 0.3 is 6.03 Å². The van der Waals surface area contributed by atoms with Crippen molar-refractivity contribution in [1.29, 1.82) is 0 Å². The second kappa shape index (κ2) is 9.99. The van der Waals surface area contributed by atoms with Crippen LogP contribution >= 0.6 is 0 Å². The largest absolute Gasteiger partial charge is 0.343 e. The maximum atomic E-state index is 12.5. The Morgan fingerprint density at radius 2 is 2.04 bits per heavy atom. The van der Waals surface area contributed by atoms with E-state index in [9.17, 15) is 14.4 Å². The summed E-state index contributed by atoms with van der Waals surface area (Å²) < 4.78 is 1.63. The van der Waals surface area contributed by atoms with Crippen LogP contribution in [0.1, 0.15) is 33.1 Å². The van der Waals surface area contributed by atoms with Crippen molar-refractivity contribution < 1.29 is 9.59 Å². The van der Waals surface area contributed by atoms with Crippen molar-refractivity contribution >= 4 is 11.9 Å². The number of nitrogens with zero attached hydrogens (tertiary/aromatic N) is 3. The molecule has 144 valence electrons. The maximum Gasteiger partial charge on any atom is 0.317 e. The molecule has 0 spiro atoms. The molecule has 0 bridgehead atoms. The van der Waals surface area contributed by atoms with Crippen molar-refractivity contribution in [1.82, 2.24) is 19.7 Å². The fourth-order valence-corrected chi connectivity index (χ4v) is 3.36. The van der Waals surface area contributed by atoms with Crippen LogP contribution in [0.15, 0.2) is 29.2 Å². The third-order valence-corrected chi connectivity index (χ3v) is 4.88. The molecule has 1 fully saturated rings. The number of piperidine rings is 1. The molecule has 1 saturated heterocycles. The van der Waals surface area contributed by atoms with E-state index in [4.69, 9.17) is 0 Å². The number of rotatable bonds is 7. The molecule has 2 heterocycles. The maximum absolute atomic E-state index is 12.5. The van der Waals surface area contributed by atoms with Gasteiger partial charge in [0, 0.05) is 51.5 Å². The number of urea groups is 1. The normalized spacial score (nSPS) is 17.0. The van der Waals surface area contributed by atoms with Crippen LogP contribution in [0, 0.1) is 5.92 Å². The monoisotopic (exact) mass is 362 g/mol. The van der Waals surface area contributed by atoms with Crippen LogP contribution < -0.4 is 10.9 Å². The number of amides is 3. The van der Waals surface area contributed by atoms with E-state index in [1.807, 2.05) is 24.8 Å². The van der Waals surface area contributed by atoms with Gasteiger partial charge in [-0.1, -0.05) is 6.07 Å². The summed E-state index contributed by atoms with van der Waals surface area (Å²) in [5.74, 6) is 0.0493. The Labute approximate surface area is 155 Å². The van der Waals surface area contributed by atoms with E-state index in [2.05, 4.69) is 5.32 Å². The number of nitrogens with one attached hydrogen (secondary N) is 1. The molecule has 1 N–H and O–H groups in total. The van der Waals surface area contributed by atoms with Gasteiger partial charge in [0.1, 0.15) is 0 Å². The Bertz CT molecular complexity index is 654. The van der Waals surface area contributed by atoms with E-state index in [-0.39, 0.29) is 23.4 Å². The zero-order valence-corrected chi connectivity index (χ0v) is 15.8. The molecule has 1 atom stereocenters. The number of carbonyl (C=O) groups excluding carboxylic acids is 2. The second-order valence-corrected chi connectivity index (χ2v) is 6.61. The average molecular weight is 362 g/mol. The van der Waals surface area contributed by atoms with E-state index in [1.165, 1.54) is 6.07 Å². The molecule has 1 aliphatic rings. The van der Waals surface area contributed by atoms with Crippen molar-refractivity contribution in [2.45, 2.75) is 39.7 Å². The summed E-state index contributed by atoms with van der Waals surface area (Å²) in [4.78, 5) is 40.1. The van der Waals surface area contributed by atoms with E-state index >= 15 is 0 Å². The number of hydrogen-bond acceptors (Lipinski definition) is 3. The van der Waals surface area contributed by atoms with E-state index in [1.54, 1.807) is 21.7 Å². The summed E-state index contributed by atoms with van der Waals surface area (Å²) in [6.45, 7) is 7.62. The SMILES string of the molecule is CCN(CC)C(=O)[C@H]1CCCN(C(=O)NCCCn2ccccc2=O)C1. The Hall–Kier alpha value is -2.31. The molecule has 1 aromatic heterocycles. The average Bonchev–Trinajstić information content (AvgIpc) is 2.67. The zero-order valence-electron chi connectivity index (χ0n) is 15.8. The first-order valence-electron chi connectivity index (χ1n) is 9.53. The van der Waals surface area contributed by atoms with E-state index in [0.29, 0.717) is 45.7 Å². The minimum absolute atomic E-state index is 0.0346. The fraction of sp³-hybridized carbons (Fsp3) is 0.632. The van der Waals surface area contributed by atoms with Gasteiger partial charge in [0.2, 0.25) is 11.5 Å². The van der Waals surface area contributed by atoms with Crippen LogP contribution in [0.5, 0.6) is 0 Å². The van der Waals surface area contributed by atoms with Crippen LogP contribution in [0.25, 0.3) is 0 Å². The molecule has 7 heteroatoms. The predicted molar refractivity (Wildman–Crippen MR) is 101 cm³/mol. The first-order chi connectivity index (χ1) is 12.6. The highest BCUT2D eigenvalue weighted by atomic mass is 16.2. The lowest BCUT2D eigenvalue weighted by atomic mass is 9.96. The van der Waals surface area contributed by atoms with Gasteiger partial charge < -0.3 is 19.7 Å². The third kappa shape index (κ3) is 5.34. The van der Waals surface area contributed by atoms with Crippen molar-refractivity contribution in [2.75, 3.05) is 32.7 Å². The smallest absolute Gasteiger partial charge is 0.317 e. The quantitative estimate of drug-likeness (QED) is 0.748. The van der Waals surface area contributed by atoms with Crippen LogP contribution in [0.4, 0.5) is 4.79 Å². The van der Waals surface area contributed by atoms with Gasteiger partial charge in [-0.2, -0.15) is 0 Å². The molecular weight excluding hydrogens is 332 g/mol. The van der Waals surface area contributed by atoms with Crippen molar-refractivity contribution in [3.05, 3.63) is 34.7 Å². The highest BCUT2D eigenvalue weighted by Gasteiger charge is 2.30. The first kappa shape index (κ1) is 20.0. The summed E-state index contributed by atoms with van der Waals surface area (Å²) in [7, 11) is 0. The van der Waals surface area contributed by atoms with Crippen LogP contribution in [0.3, 0.4) is 0 Å². The van der Waals surface area contributed by atoms with Crippen molar-refractivity contribution in [2.24, 2.45) is 5.92 Å². The lowest BCUT2D eigenvalue weighted by molar-refractivity contribution is -0.136. The number of likely N-dealkylation sites (tertiary alicyclic amines) is 1. The lowest BCUT2D eigenvalue weighted by Crippen LogP contribution is -2.49. The Balaban J connectivity index is 1.77. The van der Waals surface area contributed by atoms with Gasteiger partial charge in [-0.05, 0) is 39.2 Å². The lowest BCUT2D eigenvalue weighted by Gasteiger charge is -2.34. The van der Waals surface area contributed by atoms with Gasteiger partial charge in [-0.3, -0.25) is 9.59 Å². The molecule has 0 saturated carbocycles. The number of carbonyl (C=O) groups is 2. The predicted octanol–water partition coefficient (Wildman–Crippen LogP) is 1.53. The molecule has 0 unspecified atom stereocenters. The molecule has 1 aliphatic heterocycles. The molecular formula is C19H30N4O3. The number of hydrogen-bond donors (Lipinski definition) is 1. The van der Waals surface area contributed by atoms with Crippen LogP contribution in [-0.2, 0) is 11.3 Å². The molecule has 0 radical (unpaired) electrons. The van der Waals surface area contributed by atoms with Gasteiger partial charge in [-0.25, -0.2) is 4.79 Å². The third-order valence-electron chi connectivity index (χ3n) is 4.88. The minimum Gasteiger partial charge on any atom is -0.343 e. The number of aryl methyl sites for hydroxylation is 1. The van der Waals surface area contributed by atoms with E-state index in [0.717, 1.165) is 12.8 Å². The molecule has 3 amide bonds. The van der Waals surface area contributed by atoms with Crippen molar-refractivity contribution in [3.8, 4) is 0 Å². The Morgan fingerprint density at radius 3 is 2.73 bits per heavy atom. The summed E-state index contributed by atoms with van der Waals surface area (Å²) in [6.07, 6.45) is 4.13. The van der Waals surface area contributed by atoms with Gasteiger partial charge in [-0.15, -0.1) is 0 Å². The zero-order chi connectivity index (χ0) is 18.9. The molecule has 2 rings (SSSR count). The molecule has 26 heavy (non-hydrogen) atoms. The van der Waals surface area contributed by atoms with Crippen LogP contribution in [0.2, 0.25) is 0 Å². The molecule has 0 aliphatic carbocycles. The highest BCUT2D eigenvalue weighted by molar-refractivity contribution is 5.81. The fourth-order valence-electron chi connectivity index (χ4n) is 3.36. The summed E-state index contributed by atoms with van der Waals surface area (Å²) in [5, 5.41) is 2.91. The Morgan fingerprint density at radius 1 is 1.27 bits per heavy atom. The summed E-state index contributed by atoms with van der Waals surface area (Å²) in [6, 6.07) is 4.94. The van der Waals surface area contributed by atoms with Gasteiger partial charge in [0.25, 0.3) is 0 Å². The minimum atomic E-state index is -0.123. The second-order valence-electron chi connectivity index (χ2n) is 6.61. The van der Waals surface area contributed by atoms with Crippen LogP contribution in [-0.4, -0.2) is 59.0 Å².